The van der Waals surface area contributed by atoms with Crippen LogP contribution in [0.2, 0.25) is 25.7 Å². The Balaban J connectivity index is 4.13. The van der Waals surface area contributed by atoms with Gasteiger partial charge in [-0.15, -0.1) is 0 Å². The van der Waals surface area contributed by atoms with E-state index in [4.69, 9.17) is 10.1 Å². The molecule has 0 aliphatic carbocycles. The van der Waals surface area contributed by atoms with E-state index in [9.17, 15) is 0 Å². The lowest BCUT2D eigenvalue weighted by molar-refractivity contribution is 0.188. The van der Waals surface area contributed by atoms with Gasteiger partial charge in [-0.2, -0.15) is 0 Å². The molecular formula is C12H28N2OSi. The number of hydrogen-bond acceptors (Lipinski definition) is 2. The number of rotatable bonds is 5. The van der Waals surface area contributed by atoms with Crippen LogP contribution in [0.15, 0.2) is 0 Å². The first-order valence-electron chi connectivity index (χ1n) is 6.15. The highest BCUT2D eigenvalue weighted by Gasteiger charge is 2.19. The predicted octanol–water partition coefficient (Wildman–Crippen LogP) is 3.39. The van der Waals surface area contributed by atoms with Crippen LogP contribution in [0.5, 0.6) is 0 Å². The fraction of sp³-hybridized carbons (Fsp3) is 0.917. The van der Waals surface area contributed by atoms with Crippen LogP contribution in [0.1, 0.15) is 27.7 Å². The highest BCUT2D eigenvalue weighted by atomic mass is 28.3. The Morgan fingerprint density at radius 3 is 1.88 bits per heavy atom. The summed E-state index contributed by atoms with van der Waals surface area (Å²) >= 11 is 0. The Hall–Kier alpha value is -0.513. The van der Waals surface area contributed by atoms with Crippen molar-refractivity contribution >= 4 is 14.1 Å². The molecule has 4 heteroatoms. The highest BCUT2D eigenvalue weighted by Crippen LogP contribution is 2.10. The normalized spacial score (nSPS) is 12.1. The van der Waals surface area contributed by atoms with E-state index in [2.05, 4.69) is 47.3 Å². The molecule has 0 fully saturated rings. The zero-order chi connectivity index (χ0) is 12.9. The lowest BCUT2D eigenvalue weighted by Crippen LogP contribution is -2.43. The van der Waals surface area contributed by atoms with Crippen molar-refractivity contribution in [2.75, 3.05) is 6.61 Å². The van der Waals surface area contributed by atoms with Crippen molar-refractivity contribution in [3.8, 4) is 0 Å². The molecule has 0 aromatic carbocycles. The Bertz CT molecular complexity index is 214. The van der Waals surface area contributed by atoms with Crippen LogP contribution in [0.4, 0.5) is 0 Å². The van der Waals surface area contributed by atoms with E-state index in [1.165, 1.54) is 0 Å². The number of ether oxygens (including phenoxy) is 1. The summed E-state index contributed by atoms with van der Waals surface area (Å²) in [5, 5.41) is 7.93. The standard InChI is InChI=1S/C12H28N2OSi/c1-10(2)14(11(3)4)12(13)15-8-9-16(5,6)7/h10-11,13H,8-9H2,1-7H3. The molecule has 0 rings (SSSR count). The van der Waals surface area contributed by atoms with Crippen LogP contribution in [-0.2, 0) is 4.74 Å². The minimum absolute atomic E-state index is 0.319. The fourth-order valence-electron chi connectivity index (χ4n) is 1.59. The maximum Gasteiger partial charge on any atom is 0.284 e. The average molecular weight is 244 g/mol. The number of amidine groups is 1. The zero-order valence-electron chi connectivity index (χ0n) is 11.9. The molecule has 0 aromatic heterocycles. The van der Waals surface area contributed by atoms with Crippen molar-refractivity contribution in [1.29, 1.82) is 5.41 Å². The van der Waals surface area contributed by atoms with Gasteiger partial charge in [0.05, 0.1) is 6.61 Å². The van der Waals surface area contributed by atoms with Crippen LogP contribution in [0, 0.1) is 5.41 Å². The monoisotopic (exact) mass is 244 g/mol. The molecule has 0 aromatic rings. The Kier molecular flexibility index (Phi) is 6.08. The molecule has 16 heavy (non-hydrogen) atoms. The summed E-state index contributed by atoms with van der Waals surface area (Å²) in [7, 11) is -1.05. The molecule has 0 amide bonds. The third-order valence-corrected chi connectivity index (χ3v) is 4.14. The van der Waals surface area contributed by atoms with Crippen molar-refractivity contribution in [3.63, 3.8) is 0 Å². The Labute approximate surface area is 102 Å². The van der Waals surface area contributed by atoms with Crippen molar-refractivity contribution in [3.05, 3.63) is 0 Å². The van der Waals surface area contributed by atoms with Gasteiger partial charge in [-0.05, 0) is 33.7 Å². The predicted molar refractivity (Wildman–Crippen MR) is 73.9 cm³/mol. The molecule has 0 saturated heterocycles. The minimum Gasteiger partial charge on any atom is -0.466 e. The lowest BCUT2D eigenvalue weighted by atomic mass is 10.2. The van der Waals surface area contributed by atoms with Crippen LogP contribution < -0.4 is 0 Å². The molecule has 0 saturated carbocycles. The number of hydrogen-bond donors (Lipinski definition) is 1. The molecule has 0 spiro atoms. The quantitative estimate of drug-likeness (QED) is 0.457. The molecule has 0 heterocycles. The summed E-state index contributed by atoms with van der Waals surface area (Å²) in [6.45, 7) is 16.0. The van der Waals surface area contributed by atoms with Gasteiger partial charge in [0.1, 0.15) is 0 Å². The van der Waals surface area contributed by atoms with Crippen molar-refractivity contribution in [1.82, 2.24) is 4.90 Å². The van der Waals surface area contributed by atoms with Crippen LogP contribution in [0.3, 0.4) is 0 Å². The molecule has 0 unspecified atom stereocenters. The van der Waals surface area contributed by atoms with Gasteiger partial charge in [0.2, 0.25) is 0 Å². The highest BCUT2D eigenvalue weighted by molar-refractivity contribution is 6.76. The number of nitrogens with zero attached hydrogens (tertiary/aromatic N) is 1. The maximum absolute atomic E-state index is 7.93. The summed E-state index contributed by atoms with van der Waals surface area (Å²) in [4.78, 5) is 2.00. The fourth-order valence-corrected chi connectivity index (χ4v) is 2.31. The van der Waals surface area contributed by atoms with E-state index in [0.29, 0.717) is 24.7 Å². The molecule has 0 aliphatic heterocycles. The van der Waals surface area contributed by atoms with Gasteiger partial charge in [-0.1, -0.05) is 19.6 Å². The smallest absolute Gasteiger partial charge is 0.284 e. The maximum atomic E-state index is 7.93. The van der Waals surface area contributed by atoms with Crippen molar-refractivity contribution in [2.45, 2.75) is 65.5 Å². The van der Waals surface area contributed by atoms with Gasteiger partial charge >= 0.3 is 0 Å². The van der Waals surface area contributed by atoms with Crippen molar-refractivity contribution in [2.24, 2.45) is 0 Å². The van der Waals surface area contributed by atoms with E-state index in [1.54, 1.807) is 0 Å². The number of nitrogens with one attached hydrogen (secondary N) is 1. The topological polar surface area (TPSA) is 36.3 Å². The summed E-state index contributed by atoms with van der Waals surface area (Å²) in [6, 6.07) is 2.07. The largest absolute Gasteiger partial charge is 0.466 e. The van der Waals surface area contributed by atoms with Crippen LogP contribution in [-0.4, -0.2) is 37.7 Å². The molecule has 0 bridgehead atoms. The summed E-state index contributed by atoms with van der Waals surface area (Å²) < 4.78 is 5.55. The first kappa shape index (κ1) is 15.5. The molecule has 0 aliphatic rings. The lowest BCUT2D eigenvalue weighted by Gasteiger charge is -2.32. The van der Waals surface area contributed by atoms with Gasteiger partial charge in [0, 0.05) is 20.2 Å². The van der Waals surface area contributed by atoms with Gasteiger partial charge in [-0.3, -0.25) is 5.41 Å². The van der Waals surface area contributed by atoms with Crippen LogP contribution >= 0.6 is 0 Å². The first-order chi connectivity index (χ1) is 7.15. The molecule has 96 valence electrons. The Morgan fingerprint density at radius 1 is 1.12 bits per heavy atom. The minimum atomic E-state index is -1.05. The van der Waals surface area contributed by atoms with E-state index < -0.39 is 8.07 Å². The van der Waals surface area contributed by atoms with Gasteiger partial charge in [0.15, 0.2) is 0 Å². The molecule has 1 N–H and O–H groups in total. The second kappa shape index (κ2) is 6.28. The van der Waals surface area contributed by atoms with Gasteiger partial charge in [0.25, 0.3) is 6.02 Å². The van der Waals surface area contributed by atoms with Crippen molar-refractivity contribution < 1.29 is 4.74 Å². The van der Waals surface area contributed by atoms with E-state index in [1.807, 2.05) is 4.90 Å². The Morgan fingerprint density at radius 2 is 1.56 bits per heavy atom. The molecule has 0 radical (unpaired) electrons. The summed E-state index contributed by atoms with van der Waals surface area (Å²) in [6.07, 6.45) is 0. The zero-order valence-corrected chi connectivity index (χ0v) is 12.9. The van der Waals surface area contributed by atoms with Crippen LogP contribution in [0.25, 0.3) is 0 Å². The second-order valence-corrected chi connectivity index (χ2v) is 11.7. The molecule has 0 atom stereocenters. The van der Waals surface area contributed by atoms with Gasteiger partial charge in [-0.25, -0.2) is 0 Å². The van der Waals surface area contributed by atoms with E-state index >= 15 is 0 Å². The third-order valence-electron chi connectivity index (χ3n) is 2.44. The molecule has 3 nitrogen and oxygen atoms in total. The van der Waals surface area contributed by atoms with E-state index in [0.717, 1.165) is 6.04 Å². The third kappa shape index (κ3) is 6.15. The molecular weight excluding hydrogens is 216 g/mol. The van der Waals surface area contributed by atoms with E-state index in [-0.39, 0.29) is 0 Å². The summed E-state index contributed by atoms with van der Waals surface area (Å²) in [5.74, 6) is 0. The second-order valence-electron chi connectivity index (χ2n) is 6.06. The summed E-state index contributed by atoms with van der Waals surface area (Å²) in [5.41, 5.74) is 0. The average Bonchev–Trinajstić information content (AvgIpc) is 1.99. The SMILES string of the molecule is CC(C)N(C(=N)OCC[Si](C)(C)C)C(C)C. The van der Waals surface area contributed by atoms with Gasteiger partial charge < -0.3 is 9.64 Å². The first-order valence-corrected chi connectivity index (χ1v) is 9.85.